The van der Waals surface area contributed by atoms with Gasteiger partial charge in [-0.2, -0.15) is 0 Å². The highest BCUT2D eigenvalue weighted by Gasteiger charge is 2.17. The minimum Gasteiger partial charge on any atom is -0.462 e. The molecule has 0 aliphatic rings. The van der Waals surface area contributed by atoms with Crippen LogP contribution in [0, 0.1) is 0 Å². The van der Waals surface area contributed by atoms with Crippen molar-refractivity contribution in [2.45, 2.75) is 13.5 Å². The first-order valence-electron chi connectivity index (χ1n) is 6.66. The van der Waals surface area contributed by atoms with Crippen LogP contribution in [0.2, 0.25) is 0 Å². The zero-order chi connectivity index (χ0) is 15.2. The number of hydrogen-bond acceptors (Lipinski definition) is 6. The van der Waals surface area contributed by atoms with E-state index < -0.39 is 5.97 Å². The first-order valence-corrected chi connectivity index (χ1v) is 6.66. The molecule has 2 heterocycles. The summed E-state index contributed by atoms with van der Waals surface area (Å²) in [5, 5.41) is 0. The van der Waals surface area contributed by atoms with Crippen molar-refractivity contribution in [3.05, 3.63) is 47.9 Å². The fraction of sp³-hybridized carbons (Fsp3) is 0.267. The van der Waals surface area contributed by atoms with Gasteiger partial charge < -0.3 is 15.4 Å². The number of nitrogen functional groups attached to an aromatic ring is 1. The molecule has 0 saturated heterocycles. The molecule has 0 amide bonds. The van der Waals surface area contributed by atoms with Crippen LogP contribution in [-0.2, 0) is 11.3 Å². The van der Waals surface area contributed by atoms with Crippen LogP contribution >= 0.6 is 0 Å². The molecule has 0 atom stereocenters. The van der Waals surface area contributed by atoms with Crippen molar-refractivity contribution in [1.29, 1.82) is 0 Å². The van der Waals surface area contributed by atoms with Crippen LogP contribution in [0.1, 0.15) is 23.0 Å². The zero-order valence-corrected chi connectivity index (χ0v) is 12.1. The van der Waals surface area contributed by atoms with E-state index in [0.29, 0.717) is 30.2 Å². The highest BCUT2D eigenvalue weighted by Crippen LogP contribution is 2.24. The second-order valence-corrected chi connectivity index (χ2v) is 4.49. The van der Waals surface area contributed by atoms with Gasteiger partial charge in [0.05, 0.1) is 30.1 Å². The number of nitrogens with two attached hydrogens (primary N) is 1. The Morgan fingerprint density at radius 3 is 2.76 bits per heavy atom. The monoisotopic (exact) mass is 286 g/mol. The number of hydrogen-bond donors (Lipinski definition) is 1. The van der Waals surface area contributed by atoms with Gasteiger partial charge in [-0.3, -0.25) is 4.98 Å². The molecule has 0 fully saturated rings. The van der Waals surface area contributed by atoms with E-state index in [2.05, 4.69) is 9.97 Å². The van der Waals surface area contributed by atoms with Gasteiger partial charge in [0, 0.05) is 19.4 Å². The van der Waals surface area contributed by atoms with Gasteiger partial charge >= 0.3 is 5.97 Å². The highest BCUT2D eigenvalue weighted by molar-refractivity contribution is 5.97. The molecule has 21 heavy (non-hydrogen) atoms. The lowest BCUT2D eigenvalue weighted by atomic mass is 10.2. The van der Waals surface area contributed by atoms with Crippen molar-refractivity contribution in [1.82, 2.24) is 9.97 Å². The van der Waals surface area contributed by atoms with E-state index in [1.54, 1.807) is 25.4 Å². The average molecular weight is 286 g/mol. The Balaban J connectivity index is 2.23. The fourth-order valence-electron chi connectivity index (χ4n) is 1.96. The molecule has 2 aromatic rings. The van der Waals surface area contributed by atoms with E-state index >= 15 is 0 Å². The minimum absolute atomic E-state index is 0.305. The molecule has 2 rings (SSSR count). The molecule has 0 radical (unpaired) electrons. The van der Waals surface area contributed by atoms with Crippen LogP contribution in [0.15, 0.2) is 36.7 Å². The van der Waals surface area contributed by atoms with E-state index in [-0.39, 0.29) is 0 Å². The van der Waals surface area contributed by atoms with Gasteiger partial charge in [0.15, 0.2) is 5.82 Å². The summed E-state index contributed by atoms with van der Waals surface area (Å²) in [5.41, 5.74) is 7.58. The number of carbonyl (C=O) groups excluding carboxylic acids is 1. The zero-order valence-electron chi connectivity index (χ0n) is 12.1. The number of carbonyl (C=O) groups is 1. The van der Waals surface area contributed by atoms with Crippen molar-refractivity contribution < 1.29 is 9.53 Å². The molecular formula is C15H18N4O2. The number of pyridine rings is 2. The molecule has 2 aromatic heterocycles. The molecule has 2 N–H and O–H groups in total. The summed E-state index contributed by atoms with van der Waals surface area (Å²) < 4.78 is 4.98. The highest BCUT2D eigenvalue weighted by atomic mass is 16.5. The number of nitrogens with zero attached hydrogens (tertiary/aromatic N) is 3. The summed E-state index contributed by atoms with van der Waals surface area (Å²) in [6, 6.07) is 7.26. The minimum atomic E-state index is -0.440. The third-order valence-corrected chi connectivity index (χ3v) is 2.95. The van der Waals surface area contributed by atoms with Crippen LogP contribution in [0.25, 0.3) is 0 Å². The third kappa shape index (κ3) is 3.47. The molecular weight excluding hydrogens is 268 g/mol. The molecule has 0 unspecified atom stereocenters. The Hall–Kier alpha value is -2.63. The van der Waals surface area contributed by atoms with Crippen molar-refractivity contribution in [3.63, 3.8) is 0 Å². The van der Waals surface area contributed by atoms with Gasteiger partial charge in [0.1, 0.15) is 0 Å². The Bertz CT molecular complexity index is 616. The molecule has 0 aliphatic heterocycles. The SMILES string of the molecule is CCOC(=O)c1ccnc(N(C)Cc2ccccn2)c1N. The summed E-state index contributed by atoms with van der Waals surface area (Å²) >= 11 is 0. The van der Waals surface area contributed by atoms with Gasteiger partial charge in [-0.1, -0.05) is 6.07 Å². The summed E-state index contributed by atoms with van der Waals surface area (Å²) in [6.07, 6.45) is 3.28. The fourth-order valence-corrected chi connectivity index (χ4v) is 1.96. The van der Waals surface area contributed by atoms with Crippen molar-refractivity contribution >= 4 is 17.5 Å². The third-order valence-electron chi connectivity index (χ3n) is 2.95. The summed E-state index contributed by atoms with van der Waals surface area (Å²) in [4.78, 5) is 22.2. The van der Waals surface area contributed by atoms with Gasteiger partial charge in [0.25, 0.3) is 0 Å². The Morgan fingerprint density at radius 2 is 2.10 bits per heavy atom. The Kier molecular flexibility index (Phi) is 4.71. The smallest absolute Gasteiger partial charge is 0.340 e. The maximum absolute atomic E-state index is 11.8. The van der Waals surface area contributed by atoms with Crippen LogP contribution in [-0.4, -0.2) is 29.6 Å². The number of esters is 1. The Morgan fingerprint density at radius 1 is 1.29 bits per heavy atom. The topological polar surface area (TPSA) is 81.3 Å². The first kappa shape index (κ1) is 14.8. The molecule has 0 spiro atoms. The van der Waals surface area contributed by atoms with Crippen LogP contribution in [0.5, 0.6) is 0 Å². The molecule has 6 heteroatoms. The van der Waals surface area contributed by atoms with Crippen LogP contribution < -0.4 is 10.6 Å². The van der Waals surface area contributed by atoms with Crippen molar-refractivity contribution in [2.24, 2.45) is 0 Å². The first-order chi connectivity index (χ1) is 10.1. The lowest BCUT2D eigenvalue weighted by molar-refractivity contribution is 0.0527. The molecule has 110 valence electrons. The van der Waals surface area contributed by atoms with E-state index in [1.807, 2.05) is 30.1 Å². The number of ether oxygens (including phenoxy) is 1. The van der Waals surface area contributed by atoms with Crippen LogP contribution in [0.4, 0.5) is 11.5 Å². The van der Waals surface area contributed by atoms with Gasteiger partial charge in [-0.05, 0) is 25.1 Å². The van der Waals surface area contributed by atoms with Gasteiger partial charge in [0.2, 0.25) is 0 Å². The lowest BCUT2D eigenvalue weighted by Gasteiger charge is -2.20. The average Bonchev–Trinajstić information content (AvgIpc) is 2.48. The van der Waals surface area contributed by atoms with Crippen LogP contribution in [0.3, 0.4) is 0 Å². The molecule has 0 aromatic carbocycles. The number of aromatic nitrogens is 2. The lowest BCUT2D eigenvalue weighted by Crippen LogP contribution is -2.21. The predicted octanol–water partition coefficient (Wildman–Crippen LogP) is 1.87. The van der Waals surface area contributed by atoms with E-state index in [0.717, 1.165) is 5.69 Å². The normalized spacial score (nSPS) is 10.2. The standard InChI is InChI=1S/C15H18N4O2/c1-3-21-15(20)12-7-9-18-14(13(12)16)19(2)10-11-6-4-5-8-17-11/h4-9H,3,10,16H2,1-2H3. The number of rotatable bonds is 5. The molecule has 6 nitrogen and oxygen atoms in total. The predicted molar refractivity (Wildman–Crippen MR) is 80.9 cm³/mol. The summed E-state index contributed by atoms with van der Waals surface area (Å²) in [5.74, 6) is 0.0936. The maximum Gasteiger partial charge on any atom is 0.340 e. The summed E-state index contributed by atoms with van der Waals surface area (Å²) in [6.45, 7) is 2.60. The molecule has 0 saturated carbocycles. The van der Waals surface area contributed by atoms with Gasteiger partial charge in [-0.25, -0.2) is 9.78 Å². The van der Waals surface area contributed by atoms with E-state index in [4.69, 9.17) is 10.5 Å². The maximum atomic E-state index is 11.8. The quantitative estimate of drug-likeness (QED) is 0.845. The second-order valence-electron chi connectivity index (χ2n) is 4.49. The summed E-state index contributed by atoms with van der Waals surface area (Å²) in [7, 11) is 1.85. The Labute approximate surface area is 123 Å². The van der Waals surface area contributed by atoms with Gasteiger partial charge in [-0.15, -0.1) is 0 Å². The van der Waals surface area contributed by atoms with E-state index in [1.165, 1.54) is 0 Å². The van der Waals surface area contributed by atoms with E-state index in [9.17, 15) is 4.79 Å². The van der Waals surface area contributed by atoms with Crippen molar-refractivity contribution in [2.75, 3.05) is 24.3 Å². The number of anilines is 2. The molecule has 0 bridgehead atoms. The molecule has 0 aliphatic carbocycles. The largest absolute Gasteiger partial charge is 0.462 e. The van der Waals surface area contributed by atoms with Crippen molar-refractivity contribution in [3.8, 4) is 0 Å². The second kappa shape index (κ2) is 6.69.